The quantitative estimate of drug-likeness (QED) is 0.437. The minimum absolute atomic E-state index is 0.0787. The van der Waals surface area contributed by atoms with Crippen molar-refractivity contribution >= 4 is 41.5 Å². The molecule has 0 saturated heterocycles. The molecule has 3 rings (SSSR count). The van der Waals surface area contributed by atoms with E-state index in [1.165, 1.54) is 23.1 Å². The van der Waals surface area contributed by atoms with Crippen molar-refractivity contribution in [2.24, 2.45) is 4.40 Å². The lowest BCUT2D eigenvalue weighted by molar-refractivity contribution is -0.115. The summed E-state index contributed by atoms with van der Waals surface area (Å²) in [5.74, 6) is -0.0787. The van der Waals surface area contributed by atoms with Gasteiger partial charge in [0.2, 0.25) is 5.91 Å². The van der Waals surface area contributed by atoms with Gasteiger partial charge in [0.1, 0.15) is 0 Å². The second-order valence-corrected chi connectivity index (χ2v) is 8.43. The molecule has 1 heterocycles. The number of nitrogens with one attached hydrogen (secondary N) is 1. The molecule has 1 amide bonds. The lowest BCUT2D eigenvalue weighted by Gasteiger charge is -2.27. The normalized spacial score (nSPS) is 14.1. The van der Waals surface area contributed by atoms with E-state index >= 15 is 0 Å². The Labute approximate surface area is 175 Å². The van der Waals surface area contributed by atoms with Crippen LogP contribution in [0.1, 0.15) is 16.7 Å². The number of amides is 1. The molecular formula is C21H25ClN4OS. The fourth-order valence-electron chi connectivity index (χ4n) is 3.15. The molecule has 0 spiro atoms. The zero-order valence-electron chi connectivity index (χ0n) is 16.4. The van der Waals surface area contributed by atoms with Gasteiger partial charge in [-0.15, -0.1) is 0 Å². The summed E-state index contributed by atoms with van der Waals surface area (Å²) < 4.78 is 4.44. The first-order valence-corrected chi connectivity index (χ1v) is 10.3. The van der Waals surface area contributed by atoms with Crippen LogP contribution in [0.4, 0.5) is 5.69 Å². The first-order chi connectivity index (χ1) is 13.4. The summed E-state index contributed by atoms with van der Waals surface area (Å²) in [6, 6.07) is 11.5. The summed E-state index contributed by atoms with van der Waals surface area (Å²) >= 11 is 7.63. The number of benzene rings is 2. The molecule has 0 aromatic heterocycles. The first-order valence-electron chi connectivity index (χ1n) is 9.17. The van der Waals surface area contributed by atoms with E-state index in [1.54, 1.807) is 12.4 Å². The Bertz CT molecular complexity index is 885. The van der Waals surface area contributed by atoms with Crippen LogP contribution in [0.5, 0.6) is 0 Å². The summed E-state index contributed by atoms with van der Waals surface area (Å²) in [6.45, 7) is 1.89. The number of fused-ring (bicyclic) bond motifs is 1. The Morgan fingerprint density at radius 2 is 2.14 bits per heavy atom. The van der Waals surface area contributed by atoms with Crippen LogP contribution in [0.15, 0.2) is 45.7 Å². The van der Waals surface area contributed by atoms with Gasteiger partial charge < -0.3 is 15.1 Å². The van der Waals surface area contributed by atoms with Crippen LogP contribution in [0.2, 0.25) is 5.02 Å². The standard InChI is InChI=1S/C21H25ClN4OS/c1-25(2)14-23-28-20-12-17(10-16-13-26(3)9-8-18(16)20)24-21(27)11-15-6-4-5-7-19(15)22/h4-7,10,12,14H,8-9,11,13H2,1-3H3,(H,24,27)/b23-14+. The average molecular weight is 417 g/mol. The van der Waals surface area contributed by atoms with Gasteiger partial charge >= 0.3 is 0 Å². The molecule has 0 aliphatic carbocycles. The molecule has 0 bridgehead atoms. The Hall–Kier alpha value is -2.02. The van der Waals surface area contributed by atoms with Gasteiger partial charge in [-0.3, -0.25) is 4.79 Å². The van der Waals surface area contributed by atoms with Crippen LogP contribution in [-0.2, 0) is 24.2 Å². The van der Waals surface area contributed by atoms with Gasteiger partial charge in [-0.2, -0.15) is 0 Å². The smallest absolute Gasteiger partial charge is 0.228 e. The van der Waals surface area contributed by atoms with Crippen LogP contribution in [-0.4, -0.2) is 49.7 Å². The average Bonchev–Trinajstić information content (AvgIpc) is 2.63. The monoisotopic (exact) mass is 416 g/mol. The largest absolute Gasteiger partial charge is 0.368 e. The SMILES string of the molecule is CN(C)/C=N/Sc1cc(NC(=O)Cc2ccccc2Cl)cc2c1CCN(C)C2. The minimum atomic E-state index is -0.0787. The van der Waals surface area contributed by atoms with Crippen molar-refractivity contribution in [1.82, 2.24) is 9.80 Å². The van der Waals surface area contributed by atoms with Gasteiger partial charge in [-0.25, -0.2) is 4.40 Å². The van der Waals surface area contributed by atoms with Gasteiger partial charge in [-0.05, 0) is 48.4 Å². The van der Waals surface area contributed by atoms with Crippen molar-refractivity contribution in [2.45, 2.75) is 24.3 Å². The minimum Gasteiger partial charge on any atom is -0.368 e. The highest BCUT2D eigenvalue weighted by atomic mass is 35.5. The molecule has 1 aliphatic rings. The molecule has 2 aromatic carbocycles. The topological polar surface area (TPSA) is 47.9 Å². The number of hydrogen-bond donors (Lipinski definition) is 1. The predicted molar refractivity (Wildman–Crippen MR) is 118 cm³/mol. The fraction of sp³-hybridized carbons (Fsp3) is 0.333. The fourth-order valence-corrected chi connectivity index (χ4v) is 4.22. The van der Waals surface area contributed by atoms with E-state index in [0.29, 0.717) is 5.02 Å². The number of carbonyl (C=O) groups is 1. The molecule has 28 heavy (non-hydrogen) atoms. The maximum atomic E-state index is 12.6. The molecule has 0 atom stereocenters. The summed E-state index contributed by atoms with van der Waals surface area (Å²) in [6.07, 6.45) is 3.02. The summed E-state index contributed by atoms with van der Waals surface area (Å²) in [5, 5.41) is 3.64. The lowest BCUT2D eigenvalue weighted by atomic mass is 9.99. The molecule has 5 nitrogen and oxygen atoms in total. The third-order valence-corrected chi connectivity index (χ3v) is 5.64. The van der Waals surface area contributed by atoms with Crippen LogP contribution >= 0.6 is 23.5 Å². The Balaban J connectivity index is 1.81. The third kappa shape index (κ3) is 5.50. The summed E-state index contributed by atoms with van der Waals surface area (Å²) in [7, 11) is 6.00. The van der Waals surface area contributed by atoms with E-state index in [9.17, 15) is 4.79 Å². The number of rotatable bonds is 6. The second-order valence-electron chi connectivity index (χ2n) is 7.19. The lowest BCUT2D eigenvalue weighted by Crippen LogP contribution is -2.27. The zero-order valence-corrected chi connectivity index (χ0v) is 18.0. The van der Waals surface area contributed by atoms with Crippen molar-refractivity contribution in [3.8, 4) is 0 Å². The van der Waals surface area contributed by atoms with E-state index in [4.69, 9.17) is 11.6 Å². The van der Waals surface area contributed by atoms with Gasteiger partial charge in [0.15, 0.2) is 0 Å². The van der Waals surface area contributed by atoms with Crippen LogP contribution < -0.4 is 5.32 Å². The number of halogens is 1. The summed E-state index contributed by atoms with van der Waals surface area (Å²) in [4.78, 5) is 17.8. The molecule has 0 saturated carbocycles. The third-order valence-electron chi connectivity index (χ3n) is 4.51. The maximum absolute atomic E-state index is 12.6. The van der Waals surface area contributed by atoms with Gasteiger partial charge in [0.05, 0.1) is 12.8 Å². The molecule has 1 aliphatic heterocycles. The molecule has 0 unspecified atom stereocenters. The van der Waals surface area contributed by atoms with Crippen LogP contribution in [0.25, 0.3) is 0 Å². The molecule has 1 N–H and O–H groups in total. The molecular weight excluding hydrogens is 392 g/mol. The van der Waals surface area contributed by atoms with Gasteiger partial charge in [0.25, 0.3) is 0 Å². The van der Waals surface area contributed by atoms with Crippen molar-refractivity contribution in [1.29, 1.82) is 0 Å². The van der Waals surface area contributed by atoms with Crippen LogP contribution in [0, 0.1) is 0 Å². The van der Waals surface area contributed by atoms with Gasteiger partial charge in [0, 0.05) is 54.7 Å². The number of anilines is 1. The first kappa shape index (κ1) is 20.7. The number of carbonyl (C=O) groups excluding carboxylic acids is 1. The highest BCUT2D eigenvalue weighted by Gasteiger charge is 2.19. The van der Waals surface area contributed by atoms with Crippen molar-refractivity contribution in [3.63, 3.8) is 0 Å². The highest BCUT2D eigenvalue weighted by molar-refractivity contribution is 7.98. The van der Waals surface area contributed by atoms with E-state index < -0.39 is 0 Å². The van der Waals surface area contributed by atoms with Gasteiger partial charge in [-0.1, -0.05) is 29.8 Å². The van der Waals surface area contributed by atoms with E-state index in [1.807, 2.05) is 43.3 Å². The van der Waals surface area contributed by atoms with Crippen molar-refractivity contribution < 1.29 is 4.79 Å². The molecule has 7 heteroatoms. The van der Waals surface area contributed by atoms with Crippen molar-refractivity contribution in [3.05, 3.63) is 58.1 Å². The molecule has 0 radical (unpaired) electrons. The zero-order chi connectivity index (χ0) is 20.1. The van der Waals surface area contributed by atoms with E-state index in [0.717, 1.165) is 35.7 Å². The predicted octanol–water partition coefficient (Wildman–Crippen LogP) is 4.11. The maximum Gasteiger partial charge on any atom is 0.228 e. The van der Waals surface area contributed by atoms with Crippen molar-refractivity contribution in [2.75, 3.05) is 33.0 Å². The van der Waals surface area contributed by atoms with E-state index in [2.05, 4.69) is 27.7 Å². The number of likely N-dealkylation sites (N-methyl/N-ethyl adjacent to an activating group) is 1. The molecule has 148 valence electrons. The number of nitrogens with zero attached hydrogens (tertiary/aromatic N) is 3. The summed E-state index contributed by atoms with van der Waals surface area (Å²) in [5.41, 5.74) is 4.19. The number of hydrogen-bond acceptors (Lipinski definition) is 4. The van der Waals surface area contributed by atoms with E-state index in [-0.39, 0.29) is 12.3 Å². The molecule has 0 fully saturated rings. The molecule has 2 aromatic rings. The van der Waals surface area contributed by atoms with Crippen LogP contribution in [0.3, 0.4) is 0 Å². The Morgan fingerprint density at radius 1 is 1.36 bits per heavy atom. The Morgan fingerprint density at radius 3 is 2.89 bits per heavy atom. The highest BCUT2D eigenvalue weighted by Crippen LogP contribution is 2.33. The second kappa shape index (κ2) is 9.45. The Kier molecular flexibility index (Phi) is 6.99.